The molecule has 2 aliphatic rings. The molecule has 1 heterocycles. The van der Waals surface area contributed by atoms with Crippen LogP contribution in [-0.2, 0) is 13.0 Å². The molecule has 6 nitrogen and oxygen atoms in total. The van der Waals surface area contributed by atoms with Crippen LogP contribution in [0.25, 0.3) is 0 Å². The Labute approximate surface area is 129 Å². The Kier molecular flexibility index (Phi) is 3.63. The number of fused-ring (bicyclic) bond motifs is 1. The van der Waals surface area contributed by atoms with Crippen molar-refractivity contribution < 1.29 is 5.11 Å². The van der Waals surface area contributed by atoms with E-state index in [1.807, 2.05) is 4.68 Å². The molecular weight excluding hydrogens is 278 g/mol. The minimum absolute atomic E-state index is 0.156. The summed E-state index contributed by atoms with van der Waals surface area (Å²) < 4.78 is 1.96. The van der Waals surface area contributed by atoms with Crippen molar-refractivity contribution in [2.75, 3.05) is 13.2 Å². The second kappa shape index (κ2) is 5.78. The van der Waals surface area contributed by atoms with Gasteiger partial charge in [0, 0.05) is 12.6 Å². The molecular formula is C16H21N5O. The minimum atomic E-state index is 0.156. The van der Waals surface area contributed by atoms with Gasteiger partial charge < -0.3 is 5.11 Å². The van der Waals surface area contributed by atoms with Crippen LogP contribution in [0.15, 0.2) is 24.3 Å². The maximum Gasteiger partial charge on any atom is 0.165 e. The minimum Gasteiger partial charge on any atom is -0.395 e. The molecule has 1 N–H and O–H groups in total. The fourth-order valence-corrected chi connectivity index (χ4v) is 3.49. The summed E-state index contributed by atoms with van der Waals surface area (Å²) in [5, 5.41) is 21.6. The van der Waals surface area contributed by atoms with Crippen LogP contribution in [0, 0.1) is 0 Å². The molecule has 0 amide bonds. The van der Waals surface area contributed by atoms with E-state index in [4.69, 9.17) is 0 Å². The number of hydrogen-bond donors (Lipinski definition) is 1. The van der Waals surface area contributed by atoms with Crippen LogP contribution < -0.4 is 0 Å². The van der Waals surface area contributed by atoms with E-state index in [1.54, 1.807) is 0 Å². The Morgan fingerprint density at radius 3 is 2.91 bits per heavy atom. The van der Waals surface area contributed by atoms with Crippen LogP contribution in [0.3, 0.4) is 0 Å². The molecule has 1 atom stereocenters. The molecule has 22 heavy (non-hydrogen) atoms. The van der Waals surface area contributed by atoms with E-state index >= 15 is 0 Å². The Hall–Kier alpha value is -1.79. The lowest BCUT2D eigenvalue weighted by Crippen LogP contribution is -2.31. The van der Waals surface area contributed by atoms with Crippen molar-refractivity contribution in [2.45, 2.75) is 44.3 Å². The molecule has 0 spiro atoms. The monoisotopic (exact) mass is 299 g/mol. The average molecular weight is 299 g/mol. The Balaban J connectivity index is 1.57. The molecule has 0 bridgehead atoms. The summed E-state index contributed by atoms with van der Waals surface area (Å²) in [4.78, 5) is 2.32. The van der Waals surface area contributed by atoms with E-state index in [9.17, 15) is 5.11 Å². The molecule has 1 fully saturated rings. The van der Waals surface area contributed by atoms with Crippen molar-refractivity contribution in [3.63, 3.8) is 0 Å². The summed E-state index contributed by atoms with van der Waals surface area (Å²) in [6.45, 7) is 1.50. The molecule has 1 aromatic heterocycles. The van der Waals surface area contributed by atoms with Crippen molar-refractivity contribution in [3.8, 4) is 0 Å². The van der Waals surface area contributed by atoms with Gasteiger partial charge in [-0.05, 0) is 47.2 Å². The van der Waals surface area contributed by atoms with Gasteiger partial charge in [-0.15, -0.1) is 5.10 Å². The third-order valence-corrected chi connectivity index (χ3v) is 4.73. The Morgan fingerprint density at radius 2 is 2.09 bits per heavy atom. The zero-order chi connectivity index (χ0) is 14.9. The fraction of sp³-hybridized carbons (Fsp3) is 0.562. The molecule has 1 saturated carbocycles. The first kappa shape index (κ1) is 13.8. The van der Waals surface area contributed by atoms with Crippen molar-refractivity contribution >= 4 is 0 Å². The van der Waals surface area contributed by atoms with Crippen molar-refractivity contribution in [2.24, 2.45) is 0 Å². The maximum absolute atomic E-state index is 9.46. The number of hydrogen-bond acceptors (Lipinski definition) is 5. The van der Waals surface area contributed by atoms with Gasteiger partial charge in [-0.25, -0.2) is 4.68 Å². The summed E-state index contributed by atoms with van der Waals surface area (Å²) in [6, 6.07) is 9.46. The lowest BCUT2D eigenvalue weighted by atomic mass is 10.1. The number of aliphatic hydroxyl groups excluding tert-OH is 1. The third kappa shape index (κ3) is 2.53. The van der Waals surface area contributed by atoms with E-state index in [0.717, 1.165) is 18.7 Å². The first-order valence-electron chi connectivity index (χ1n) is 8.06. The zero-order valence-corrected chi connectivity index (χ0v) is 12.6. The molecule has 6 heteroatoms. The lowest BCUT2D eigenvalue weighted by Gasteiger charge is -2.28. The van der Waals surface area contributed by atoms with Crippen LogP contribution in [0.5, 0.6) is 0 Å². The van der Waals surface area contributed by atoms with E-state index in [0.29, 0.717) is 25.2 Å². The van der Waals surface area contributed by atoms with Crippen LogP contribution in [0.1, 0.15) is 48.3 Å². The summed E-state index contributed by atoms with van der Waals surface area (Å²) in [5.74, 6) is 0.917. The van der Waals surface area contributed by atoms with Crippen LogP contribution in [0.4, 0.5) is 0 Å². The van der Waals surface area contributed by atoms with Crippen LogP contribution in [0.2, 0.25) is 0 Å². The van der Waals surface area contributed by atoms with Crippen molar-refractivity contribution in [1.82, 2.24) is 25.1 Å². The van der Waals surface area contributed by atoms with Crippen molar-refractivity contribution in [3.05, 3.63) is 41.2 Å². The van der Waals surface area contributed by atoms with Gasteiger partial charge in [-0.1, -0.05) is 24.3 Å². The number of nitrogens with zero attached hydrogens (tertiary/aromatic N) is 5. The first-order chi connectivity index (χ1) is 10.9. The molecule has 1 unspecified atom stereocenters. The number of tetrazole rings is 1. The Bertz CT molecular complexity index is 651. The van der Waals surface area contributed by atoms with E-state index < -0.39 is 0 Å². The molecule has 2 aromatic rings. The van der Waals surface area contributed by atoms with Crippen LogP contribution in [-0.4, -0.2) is 43.4 Å². The summed E-state index contributed by atoms with van der Waals surface area (Å²) in [7, 11) is 0. The smallest absolute Gasteiger partial charge is 0.165 e. The number of aryl methyl sites for hydroxylation is 1. The zero-order valence-electron chi connectivity index (χ0n) is 12.6. The number of benzene rings is 1. The lowest BCUT2D eigenvalue weighted by molar-refractivity contribution is 0.137. The highest BCUT2D eigenvalue weighted by molar-refractivity contribution is 5.34. The van der Waals surface area contributed by atoms with Gasteiger partial charge >= 0.3 is 0 Å². The second-order valence-electron chi connectivity index (χ2n) is 6.22. The summed E-state index contributed by atoms with van der Waals surface area (Å²) in [6.07, 6.45) is 4.55. The van der Waals surface area contributed by atoms with Gasteiger partial charge in [0.1, 0.15) is 0 Å². The molecule has 4 rings (SSSR count). The number of rotatable bonds is 6. The summed E-state index contributed by atoms with van der Waals surface area (Å²) in [5.41, 5.74) is 2.82. The standard InChI is InChI=1S/C16H21N5O/c22-10-9-20(11-16-17-18-19-21(16)13-6-7-13)15-8-5-12-3-1-2-4-14(12)15/h1-4,13,15,22H,5-11H2. The highest BCUT2D eigenvalue weighted by Gasteiger charge is 2.31. The van der Waals surface area contributed by atoms with Gasteiger partial charge in [-0.3, -0.25) is 4.90 Å². The van der Waals surface area contributed by atoms with E-state index in [1.165, 1.54) is 24.0 Å². The average Bonchev–Trinajstić information content (AvgIpc) is 3.12. The van der Waals surface area contributed by atoms with Gasteiger partial charge in [0.25, 0.3) is 0 Å². The van der Waals surface area contributed by atoms with Gasteiger partial charge in [-0.2, -0.15) is 0 Å². The number of aliphatic hydroxyl groups is 1. The second-order valence-corrected chi connectivity index (χ2v) is 6.22. The fourth-order valence-electron chi connectivity index (χ4n) is 3.49. The number of aromatic nitrogens is 4. The highest BCUT2D eigenvalue weighted by Crippen LogP contribution is 2.37. The molecule has 0 radical (unpaired) electrons. The quantitative estimate of drug-likeness (QED) is 0.875. The van der Waals surface area contributed by atoms with E-state index in [-0.39, 0.29) is 6.61 Å². The van der Waals surface area contributed by atoms with Crippen molar-refractivity contribution in [1.29, 1.82) is 0 Å². The Morgan fingerprint density at radius 1 is 1.23 bits per heavy atom. The predicted molar refractivity (Wildman–Crippen MR) is 81.1 cm³/mol. The van der Waals surface area contributed by atoms with Gasteiger partial charge in [0.15, 0.2) is 5.82 Å². The normalized spacial score (nSPS) is 20.5. The molecule has 2 aliphatic carbocycles. The molecule has 0 aliphatic heterocycles. The predicted octanol–water partition coefficient (Wildman–Crippen LogP) is 1.49. The first-order valence-corrected chi connectivity index (χ1v) is 8.06. The van der Waals surface area contributed by atoms with Crippen LogP contribution >= 0.6 is 0 Å². The summed E-state index contributed by atoms with van der Waals surface area (Å²) >= 11 is 0. The van der Waals surface area contributed by atoms with Gasteiger partial charge in [0.2, 0.25) is 0 Å². The third-order valence-electron chi connectivity index (χ3n) is 4.73. The largest absolute Gasteiger partial charge is 0.395 e. The highest BCUT2D eigenvalue weighted by atomic mass is 16.3. The van der Waals surface area contributed by atoms with Gasteiger partial charge in [0.05, 0.1) is 19.2 Å². The SMILES string of the molecule is OCCN(Cc1nnnn1C1CC1)C1CCc2ccccc21. The molecule has 1 aromatic carbocycles. The molecule has 0 saturated heterocycles. The topological polar surface area (TPSA) is 67.1 Å². The molecule has 116 valence electrons. The van der Waals surface area contributed by atoms with E-state index in [2.05, 4.69) is 44.7 Å². The maximum atomic E-state index is 9.46.